The molecule has 28 heavy (non-hydrogen) atoms. The van der Waals surface area contributed by atoms with Crippen LogP contribution in [0.15, 0.2) is 24.4 Å². The van der Waals surface area contributed by atoms with Gasteiger partial charge in [0.1, 0.15) is 12.3 Å². The van der Waals surface area contributed by atoms with Crippen molar-refractivity contribution in [2.45, 2.75) is 45.3 Å². The van der Waals surface area contributed by atoms with Gasteiger partial charge in [0.05, 0.1) is 11.9 Å². The van der Waals surface area contributed by atoms with E-state index in [0.29, 0.717) is 23.7 Å². The number of nitrogen functional groups attached to an aromatic ring is 1. The summed E-state index contributed by atoms with van der Waals surface area (Å²) in [6.45, 7) is 2.30. The number of nitrogens with one attached hydrogen (secondary N) is 1. The van der Waals surface area contributed by atoms with Crippen LogP contribution in [0, 0.1) is 0 Å². The quantitative estimate of drug-likeness (QED) is 0.438. The maximum absolute atomic E-state index is 11.2. The molecule has 0 saturated heterocycles. The van der Waals surface area contributed by atoms with Gasteiger partial charge in [0.25, 0.3) is 5.91 Å². The second-order valence-corrected chi connectivity index (χ2v) is 6.10. The molecule has 10 heteroatoms. The van der Waals surface area contributed by atoms with Crippen LogP contribution < -0.4 is 21.5 Å². The van der Waals surface area contributed by atoms with Gasteiger partial charge in [-0.2, -0.15) is 18.5 Å². The Kier molecular flexibility index (Phi) is 10.0. The predicted octanol–water partition coefficient (Wildman–Crippen LogP) is 1.60. The van der Waals surface area contributed by atoms with E-state index in [0.717, 1.165) is 19.3 Å². The molecule has 1 atom stereocenters. The van der Waals surface area contributed by atoms with E-state index in [1.54, 1.807) is 18.2 Å². The molecule has 2 aromatic rings. The Bertz CT molecular complexity index is 762. The third-order valence-electron chi connectivity index (χ3n) is 3.93. The number of amides is 1. The molecule has 0 aliphatic carbocycles. The number of pyridine rings is 1. The van der Waals surface area contributed by atoms with Crippen molar-refractivity contribution < 1.29 is 14.6 Å². The minimum Gasteiger partial charge on any atom is -0.482 e. The fourth-order valence-corrected chi connectivity index (χ4v) is 2.53. The summed E-state index contributed by atoms with van der Waals surface area (Å²) in [7, 11) is 0. The Morgan fingerprint density at radius 3 is 2.79 bits per heavy atom. The lowest BCUT2D eigenvalue weighted by Crippen LogP contribution is -2.22. The zero-order chi connectivity index (χ0) is 19.6. The molecule has 0 aromatic carbocycles. The SMILES string of the molecule is CCCC[C@H](CCO)Nc1nc(N)ncc1OCc1cccc(C(N)=O)n1.S. The van der Waals surface area contributed by atoms with Gasteiger partial charge in [-0.25, -0.2) is 9.97 Å². The molecular weight excluding hydrogens is 380 g/mol. The van der Waals surface area contributed by atoms with E-state index < -0.39 is 5.91 Å². The van der Waals surface area contributed by atoms with Gasteiger partial charge in [-0.05, 0) is 25.0 Å². The van der Waals surface area contributed by atoms with Crippen molar-refractivity contribution in [2.75, 3.05) is 17.7 Å². The van der Waals surface area contributed by atoms with Gasteiger partial charge in [0.15, 0.2) is 11.6 Å². The van der Waals surface area contributed by atoms with Crippen molar-refractivity contribution in [2.24, 2.45) is 5.73 Å². The summed E-state index contributed by atoms with van der Waals surface area (Å²) in [5.74, 6) is 0.396. The summed E-state index contributed by atoms with van der Waals surface area (Å²) in [6.07, 6.45) is 5.05. The molecular formula is C18H28N6O3S. The van der Waals surface area contributed by atoms with Crippen LogP contribution in [0.1, 0.15) is 48.8 Å². The maximum atomic E-state index is 11.2. The van der Waals surface area contributed by atoms with E-state index >= 15 is 0 Å². The smallest absolute Gasteiger partial charge is 0.267 e. The Hall–Kier alpha value is -2.59. The van der Waals surface area contributed by atoms with Gasteiger partial charge in [0.2, 0.25) is 5.95 Å². The van der Waals surface area contributed by atoms with Crippen molar-refractivity contribution in [1.29, 1.82) is 0 Å². The third kappa shape index (κ3) is 7.20. The lowest BCUT2D eigenvalue weighted by molar-refractivity contribution is 0.0995. The van der Waals surface area contributed by atoms with Crippen LogP contribution in [0.2, 0.25) is 0 Å². The topological polar surface area (TPSA) is 149 Å². The Labute approximate surface area is 171 Å². The fourth-order valence-electron chi connectivity index (χ4n) is 2.53. The Balaban J connectivity index is 0.00000392. The zero-order valence-electron chi connectivity index (χ0n) is 15.9. The summed E-state index contributed by atoms with van der Waals surface area (Å²) in [5.41, 5.74) is 11.7. The molecule has 2 aromatic heterocycles. The standard InChI is InChI=1S/C18H26N6O3.H2S/c1-2-3-5-12(8-9-25)23-17-15(10-21-18(20)24-17)27-11-13-6-4-7-14(22-13)16(19)26;/h4,6-7,10,12,25H,2-3,5,8-9,11H2,1H3,(H2,19,26)(H3,20,21,23,24);1H2/t12-;/m1./s1. The number of nitrogens with zero attached hydrogens (tertiary/aromatic N) is 3. The number of aliphatic hydroxyl groups excluding tert-OH is 1. The molecule has 2 rings (SSSR count). The summed E-state index contributed by atoms with van der Waals surface area (Å²) >= 11 is 0. The highest BCUT2D eigenvalue weighted by Crippen LogP contribution is 2.25. The van der Waals surface area contributed by atoms with Gasteiger partial charge in [-0.3, -0.25) is 4.79 Å². The number of ether oxygens (including phenoxy) is 1. The highest BCUT2D eigenvalue weighted by Gasteiger charge is 2.14. The normalized spacial score (nSPS) is 11.4. The van der Waals surface area contributed by atoms with Crippen molar-refractivity contribution in [3.05, 3.63) is 35.8 Å². The molecule has 0 spiro atoms. The minimum atomic E-state index is -0.599. The Morgan fingerprint density at radius 2 is 2.11 bits per heavy atom. The molecule has 0 unspecified atom stereocenters. The van der Waals surface area contributed by atoms with Crippen molar-refractivity contribution >= 4 is 31.2 Å². The average Bonchev–Trinajstić information content (AvgIpc) is 2.66. The molecule has 1 amide bonds. The molecule has 0 radical (unpaired) electrons. The number of carbonyl (C=O) groups excluding carboxylic acids is 1. The van der Waals surface area contributed by atoms with Crippen LogP contribution in [-0.4, -0.2) is 38.6 Å². The number of hydrogen-bond donors (Lipinski definition) is 4. The minimum absolute atomic E-state index is 0. The summed E-state index contributed by atoms with van der Waals surface area (Å²) in [4.78, 5) is 23.6. The first kappa shape index (κ1) is 23.4. The molecule has 0 fully saturated rings. The van der Waals surface area contributed by atoms with Crippen LogP contribution in [0.4, 0.5) is 11.8 Å². The molecule has 0 saturated carbocycles. The largest absolute Gasteiger partial charge is 0.482 e. The number of anilines is 2. The zero-order valence-corrected chi connectivity index (χ0v) is 16.9. The van der Waals surface area contributed by atoms with Crippen LogP contribution in [0.25, 0.3) is 0 Å². The Morgan fingerprint density at radius 1 is 1.32 bits per heavy atom. The van der Waals surface area contributed by atoms with Crippen LogP contribution in [0.5, 0.6) is 5.75 Å². The van der Waals surface area contributed by atoms with E-state index in [2.05, 4.69) is 27.2 Å². The summed E-state index contributed by atoms with van der Waals surface area (Å²) < 4.78 is 5.78. The molecule has 0 aliphatic heterocycles. The highest BCUT2D eigenvalue weighted by atomic mass is 32.1. The van der Waals surface area contributed by atoms with E-state index in [-0.39, 0.29) is 44.4 Å². The van der Waals surface area contributed by atoms with Gasteiger partial charge in [0, 0.05) is 12.6 Å². The second-order valence-electron chi connectivity index (χ2n) is 6.10. The van der Waals surface area contributed by atoms with E-state index in [4.69, 9.17) is 16.2 Å². The number of nitrogens with two attached hydrogens (primary N) is 2. The number of aromatic nitrogens is 3. The number of unbranched alkanes of at least 4 members (excludes halogenated alkanes) is 1. The first-order chi connectivity index (χ1) is 13.0. The van der Waals surface area contributed by atoms with Crippen LogP contribution in [-0.2, 0) is 6.61 Å². The van der Waals surface area contributed by atoms with E-state index in [9.17, 15) is 9.90 Å². The number of rotatable bonds is 11. The van der Waals surface area contributed by atoms with Crippen molar-refractivity contribution in [1.82, 2.24) is 15.0 Å². The maximum Gasteiger partial charge on any atom is 0.267 e. The van der Waals surface area contributed by atoms with Crippen LogP contribution in [0.3, 0.4) is 0 Å². The summed E-state index contributed by atoms with van der Waals surface area (Å²) in [5, 5.41) is 12.6. The van der Waals surface area contributed by atoms with Crippen molar-refractivity contribution in [3.8, 4) is 5.75 Å². The molecule has 0 bridgehead atoms. The molecule has 9 nitrogen and oxygen atoms in total. The molecule has 154 valence electrons. The monoisotopic (exact) mass is 408 g/mol. The molecule has 6 N–H and O–H groups in total. The van der Waals surface area contributed by atoms with Gasteiger partial charge < -0.3 is 26.6 Å². The second kappa shape index (κ2) is 12.0. The van der Waals surface area contributed by atoms with E-state index in [1.165, 1.54) is 6.20 Å². The fraction of sp³-hybridized carbons (Fsp3) is 0.444. The van der Waals surface area contributed by atoms with E-state index in [1.807, 2.05) is 0 Å². The highest BCUT2D eigenvalue weighted by molar-refractivity contribution is 7.59. The molecule has 0 aliphatic rings. The average molecular weight is 409 g/mol. The van der Waals surface area contributed by atoms with Gasteiger partial charge >= 0.3 is 0 Å². The van der Waals surface area contributed by atoms with Crippen LogP contribution >= 0.6 is 13.5 Å². The first-order valence-corrected chi connectivity index (χ1v) is 8.92. The number of primary amides is 1. The predicted molar refractivity (Wildman–Crippen MR) is 113 cm³/mol. The lowest BCUT2D eigenvalue weighted by atomic mass is 10.1. The van der Waals surface area contributed by atoms with Gasteiger partial charge in [-0.15, -0.1) is 0 Å². The molecule has 2 heterocycles. The number of aliphatic hydroxyl groups is 1. The lowest BCUT2D eigenvalue weighted by Gasteiger charge is -2.20. The number of hydrogen-bond acceptors (Lipinski definition) is 8. The summed E-state index contributed by atoms with van der Waals surface area (Å²) in [6, 6.07) is 5.00. The number of carbonyl (C=O) groups is 1. The van der Waals surface area contributed by atoms with Crippen molar-refractivity contribution in [3.63, 3.8) is 0 Å². The first-order valence-electron chi connectivity index (χ1n) is 8.92. The van der Waals surface area contributed by atoms with Gasteiger partial charge in [-0.1, -0.05) is 25.8 Å². The third-order valence-corrected chi connectivity index (χ3v) is 3.93.